The maximum absolute atomic E-state index is 9.29. The van der Waals surface area contributed by atoms with Crippen LogP contribution in [-0.2, 0) is 9.47 Å². The minimum atomic E-state index is -0.0506. The lowest BCUT2D eigenvalue weighted by atomic mass is 10.5. The number of hydrogen-bond acceptors (Lipinski definition) is 3. The van der Waals surface area contributed by atoms with Crippen molar-refractivity contribution in [1.29, 1.82) is 0 Å². The van der Waals surface area contributed by atoms with Crippen molar-refractivity contribution in [2.24, 2.45) is 0 Å². The van der Waals surface area contributed by atoms with Gasteiger partial charge in [0.2, 0.25) is 0 Å². The molecule has 0 unspecified atom stereocenters. The molecule has 0 bridgehead atoms. The van der Waals surface area contributed by atoms with Crippen LogP contribution in [0.2, 0.25) is 0 Å². The summed E-state index contributed by atoms with van der Waals surface area (Å²) in [4.78, 5) is 0. The van der Waals surface area contributed by atoms with Crippen LogP contribution in [0, 0.1) is 0 Å². The molecule has 0 heterocycles. The van der Waals surface area contributed by atoms with Crippen LogP contribution in [0.3, 0.4) is 0 Å². The third kappa shape index (κ3) is 11.8. The molecule has 0 rings (SSSR count). The van der Waals surface area contributed by atoms with Gasteiger partial charge in [-0.3, -0.25) is 0 Å². The summed E-state index contributed by atoms with van der Waals surface area (Å²) in [5, 5.41) is 9.29. The van der Waals surface area contributed by atoms with E-state index in [2.05, 4.69) is 0 Å². The number of rotatable bonds is 7. The van der Waals surface area contributed by atoms with E-state index in [0.717, 1.165) is 0 Å². The molecule has 0 spiro atoms. The average Bonchev–Trinajstić information content (AvgIpc) is 1.93. The number of nitrogens with zero attached hydrogens (tertiary/aromatic N) is 1. The third-order valence-corrected chi connectivity index (χ3v) is 1.46. The number of hydrogen-bond donors (Lipinski definition) is 1. The molecule has 0 saturated carbocycles. The SMILES string of the molecule is CC(C)OCCOCC[N+](C)(C)O. The first-order chi connectivity index (χ1) is 5.92. The summed E-state index contributed by atoms with van der Waals surface area (Å²) < 4.78 is 10.5. The van der Waals surface area contributed by atoms with E-state index in [1.54, 1.807) is 14.1 Å². The molecule has 4 heteroatoms. The zero-order chi connectivity index (χ0) is 10.3. The quantitative estimate of drug-likeness (QED) is 0.370. The standard InChI is InChI=1S/C9H22NO3/c1-9(2)13-8-7-12-6-5-10(3,4)11/h9,11H,5-8H2,1-4H3/q+1. The van der Waals surface area contributed by atoms with Crippen LogP contribution in [0.25, 0.3) is 0 Å². The highest BCUT2D eigenvalue weighted by atomic mass is 16.6. The third-order valence-electron chi connectivity index (χ3n) is 1.46. The van der Waals surface area contributed by atoms with Crippen LogP contribution in [0.4, 0.5) is 0 Å². The summed E-state index contributed by atoms with van der Waals surface area (Å²) in [5.74, 6) is 0. The van der Waals surface area contributed by atoms with E-state index in [1.165, 1.54) is 0 Å². The smallest absolute Gasteiger partial charge is 0.132 e. The molecule has 1 N–H and O–H groups in total. The molecule has 0 aromatic rings. The van der Waals surface area contributed by atoms with E-state index in [0.29, 0.717) is 26.4 Å². The summed E-state index contributed by atoms with van der Waals surface area (Å²) in [6.07, 6.45) is 0.258. The zero-order valence-corrected chi connectivity index (χ0v) is 9.12. The molecule has 0 aliphatic carbocycles. The average molecular weight is 192 g/mol. The molecule has 0 atom stereocenters. The van der Waals surface area contributed by atoms with Gasteiger partial charge in [0, 0.05) is 0 Å². The first-order valence-corrected chi connectivity index (χ1v) is 4.67. The monoisotopic (exact) mass is 192 g/mol. The van der Waals surface area contributed by atoms with Gasteiger partial charge < -0.3 is 9.47 Å². The van der Waals surface area contributed by atoms with E-state index in [1.807, 2.05) is 13.8 Å². The van der Waals surface area contributed by atoms with Gasteiger partial charge in [-0.05, 0) is 13.8 Å². The van der Waals surface area contributed by atoms with Crippen LogP contribution in [0.1, 0.15) is 13.8 Å². The lowest BCUT2D eigenvalue weighted by Crippen LogP contribution is -2.38. The van der Waals surface area contributed by atoms with Crippen molar-refractivity contribution in [2.75, 3.05) is 40.5 Å². The van der Waals surface area contributed by atoms with Gasteiger partial charge >= 0.3 is 0 Å². The predicted octanol–water partition coefficient (Wildman–Crippen LogP) is 0.894. The summed E-state index contributed by atoms with van der Waals surface area (Å²) in [5.41, 5.74) is 0. The van der Waals surface area contributed by atoms with Crippen LogP contribution in [0.5, 0.6) is 0 Å². The molecule has 0 fully saturated rings. The van der Waals surface area contributed by atoms with Crippen molar-refractivity contribution in [3.05, 3.63) is 0 Å². The van der Waals surface area contributed by atoms with Crippen LogP contribution < -0.4 is 0 Å². The second-order valence-electron chi connectivity index (χ2n) is 3.88. The molecule has 0 saturated heterocycles. The van der Waals surface area contributed by atoms with Crippen molar-refractivity contribution < 1.29 is 19.3 Å². The Hall–Kier alpha value is -0.160. The highest BCUT2D eigenvalue weighted by Gasteiger charge is 2.08. The molecule has 0 aliphatic heterocycles. The number of quaternary nitrogens is 1. The van der Waals surface area contributed by atoms with Gasteiger partial charge in [-0.2, -0.15) is 4.65 Å². The predicted molar refractivity (Wildman–Crippen MR) is 50.7 cm³/mol. The van der Waals surface area contributed by atoms with E-state index < -0.39 is 0 Å². The Balaban J connectivity index is 3.09. The van der Waals surface area contributed by atoms with Crippen LogP contribution >= 0.6 is 0 Å². The number of hydroxylamine groups is 3. The Kier molecular flexibility index (Phi) is 6.24. The van der Waals surface area contributed by atoms with Gasteiger partial charge in [0.05, 0.1) is 40.0 Å². The van der Waals surface area contributed by atoms with E-state index in [-0.39, 0.29) is 10.8 Å². The minimum absolute atomic E-state index is 0.0506. The minimum Gasteiger partial charge on any atom is -0.376 e. The Morgan fingerprint density at radius 1 is 1.15 bits per heavy atom. The summed E-state index contributed by atoms with van der Waals surface area (Å²) in [7, 11) is 3.43. The Morgan fingerprint density at radius 2 is 1.77 bits per heavy atom. The van der Waals surface area contributed by atoms with Crippen molar-refractivity contribution in [3.8, 4) is 0 Å². The molecule has 0 radical (unpaired) electrons. The highest BCUT2D eigenvalue weighted by molar-refractivity contribution is 4.36. The van der Waals surface area contributed by atoms with Crippen molar-refractivity contribution in [2.45, 2.75) is 20.0 Å². The van der Waals surface area contributed by atoms with Crippen LogP contribution in [0.15, 0.2) is 0 Å². The molecule has 80 valence electrons. The van der Waals surface area contributed by atoms with Crippen molar-refractivity contribution in [1.82, 2.24) is 0 Å². The molecular weight excluding hydrogens is 170 g/mol. The zero-order valence-electron chi connectivity index (χ0n) is 9.12. The van der Waals surface area contributed by atoms with Gasteiger partial charge in [-0.15, -0.1) is 0 Å². The van der Waals surface area contributed by atoms with Crippen molar-refractivity contribution >= 4 is 0 Å². The van der Waals surface area contributed by atoms with Gasteiger partial charge in [-0.1, -0.05) is 0 Å². The number of likely N-dealkylation sites (N-methyl/N-ethyl adjacent to an activating group) is 1. The highest BCUT2D eigenvalue weighted by Crippen LogP contribution is 1.90. The van der Waals surface area contributed by atoms with Gasteiger partial charge in [0.15, 0.2) is 0 Å². The van der Waals surface area contributed by atoms with E-state index in [4.69, 9.17) is 9.47 Å². The lowest BCUT2D eigenvalue weighted by molar-refractivity contribution is -1.07. The normalized spacial score (nSPS) is 12.5. The fourth-order valence-corrected chi connectivity index (χ4v) is 0.733. The summed E-state index contributed by atoms with van der Waals surface area (Å²) in [6, 6.07) is 0. The molecule has 0 amide bonds. The van der Waals surface area contributed by atoms with Crippen LogP contribution in [-0.4, -0.2) is 56.4 Å². The molecule has 0 aromatic carbocycles. The Bertz CT molecular complexity index is 121. The van der Waals surface area contributed by atoms with Gasteiger partial charge in [0.25, 0.3) is 0 Å². The maximum atomic E-state index is 9.29. The molecule has 4 nitrogen and oxygen atoms in total. The largest absolute Gasteiger partial charge is 0.376 e. The molecule has 0 aliphatic rings. The molecule has 13 heavy (non-hydrogen) atoms. The lowest BCUT2D eigenvalue weighted by Gasteiger charge is -2.19. The molecular formula is C9H22NO3+. The first-order valence-electron chi connectivity index (χ1n) is 4.67. The number of ether oxygens (including phenoxy) is 2. The second-order valence-corrected chi connectivity index (χ2v) is 3.88. The summed E-state index contributed by atoms with van der Waals surface area (Å²) >= 11 is 0. The first kappa shape index (κ1) is 12.8. The second kappa shape index (κ2) is 6.32. The van der Waals surface area contributed by atoms with E-state index in [9.17, 15) is 5.21 Å². The Morgan fingerprint density at radius 3 is 2.23 bits per heavy atom. The fourth-order valence-electron chi connectivity index (χ4n) is 0.733. The Labute approximate surface area is 80.6 Å². The topological polar surface area (TPSA) is 38.7 Å². The maximum Gasteiger partial charge on any atom is 0.132 e. The van der Waals surface area contributed by atoms with E-state index >= 15 is 0 Å². The van der Waals surface area contributed by atoms with Crippen molar-refractivity contribution in [3.63, 3.8) is 0 Å². The summed E-state index contributed by atoms with van der Waals surface area (Å²) in [6.45, 7) is 6.36. The fraction of sp³-hybridized carbons (Fsp3) is 1.00. The van der Waals surface area contributed by atoms with Gasteiger partial charge in [-0.25, -0.2) is 5.21 Å². The molecule has 0 aromatic heterocycles. The van der Waals surface area contributed by atoms with Gasteiger partial charge in [0.1, 0.15) is 6.54 Å².